The number of nitrogens with one attached hydrogen (secondary N) is 1. The van der Waals surface area contributed by atoms with Crippen molar-refractivity contribution in [3.05, 3.63) is 59.7 Å². The number of carbonyl (C=O) groups excluding carboxylic acids is 3. The van der Waals surface area contributed by atoms with Crippen LogP contribution < -0.4 is 11.1 Å². The lowest BCUT2D eigenvalue weighted by Gasteiger charge is -2.33. The third kappa shape index (κ3) is 4.31. The van der Waals surface area contributed by atoms with Gasteiger partial charge in [-0.3, -0.25) is 9.59 Å². The average molecular weight is 381 g/mol. The second kappa shape index (κ2) is 8.56. The minimum atomic E-state index is -0.572. The summed E-state index contributed by atoms with van der Waals surface area (Å²) >= 11 is 0. The Morgan fingerprint density at radius 1 is 1.07 bits per heavy atom. The first-order valence-electron chi connectivity index (χ1n) is 9.15. The second-order valence-corrected chi connectivity index (χ2v) is 6.69. The fourth-order valence-electron chi connectivity index (χ4n) is 3.33. The molecule has 146 valence electrons. The lowest BCUT2D eigenvalue weighted by atomic mass is 10.0. The second-order valence-electron chi connectivity index (χ2n) is 6.69. The van der Waals surface area contributed by atoms with Gasteiger partial charge in [0.15, 0.2) is 0 Å². The highest BCUT2D eigenvalue weighted by molar-refractivity contribution is 6.05. The van der Waals surface area contributed by atoms with E-state index in [-0.39, 0.29) is 11.8 Å². The number of methoxy groups -OCH3 is 1. The molecule has 1 atom stereocenters. The van der Waals surface area contributed by atoms with E-state index < -0.39 is 12.0 Å². The van der Waals surface area contributed by atoms with E-state index in [0.29, 0.717) is 35.5 Å². The monoisotopic (exact) mass is 381 g/mol. The van der Waals surface area contributed by atoms with Gasteiger partial charge in [0, 0.05) is 29.0 Å². The van der Waals surface area contributed by atoms with Gasteiger partial charge >= 0.3 is 5.97 Å². The normalized spacial score (nSPS) is 16.3. The average Bonchev–Trinajstić information content (AvgIpc) is 2.72. The fraction of sp³-hybridized carbons (Fsp3) is 0.286. The van der Waals surface area contributed by atoms with Crippen LogP contribution in [0.15, 0.2) is 48.5 Å². The minimum Gasteiger partial charge on any atom is -0.467 e. The molecule has 3 N–H and O–H groups in total. The van der Waals surface area contributed by atoms with E-state index in [4.69, 9.17) is 10.5 Å². The van der Waals surface area contributed by atoms with Crippen molar-refractivity contribution < 1.29 is 19.1 Å². The first-order valence-corrected chi connectivity index (χ1v) is 9.15. The molecule has 0 aliphatic carbocycles. The summed E-state index contributed by atoms with van der Waals surface area (Å²) in [5.74, 6) is -0.975. The van der Waals surface area contributed by atoms with Gasteiger partial charge in [0.2, 0.25) is 0 Å². The molecule has 28 heavy (non-hydrogen) atoms. The van der Waals surface area contributed by atoms with E-state index in [0.717, 1.165) is 12.8 Å². The summed E-state index contributed by atoms with van der Waals surface area (Å²) in [7, 11) is 1.33. The topological polar surface area (TPSA) is 102 Å². The maximum Gasteiger partial charge on any atom is 0.328 e. The largest absolute Gasteiger partial charge is 0.467 e. The van der Waals surface area contributed by atoms with Crippen LogP contribution >= 0.6 is 0 Å². The number of nitrogens with two attached hydrogens (primary N) is 1. The van der Waals surface area contributed by atoms with Crippen molar-refractivity contribution in [1.29, 1.82) is 0 Å². The molecular formula is C21H23N3O4. The van der Waals surface area contributed by atoms with Crippen LogP contribution in [0.1, 0.15) is 40.0 Å². The molecule has 1 aliphatic heterocycles. The number of rotatable bonds is 4. The number of amides is 2. The van der Waals surface area contributed by atoms with Crippen molar-refractivity contribution in [1.82, 2.24) is 4.90 Å². The number of esters is 1. The number of likely N-dealkylation sites (tertiary alicyclic amines) is 1. The van der Waals surface area contributed by atoms with Crippen LogP contribution in [0.3, 0.4) is 0 Å². The maximum atomic E-state index is 13.0. The van der Waals surface area contributed by atoms with Crippen LogP contribution in [-0.4, -0.2) is 42.4 Å². The van der Waals surface area contributed by atoms with Crippen LogP contribution in [0, 0.1) is 0 Å². The quantitative estimate of drug-likeness (QED) is 0.626. The molecule has 7 nitrogen and oxygen atoms in total. The molecule has 1 unspecified atom stereocenters. The molecule has 0 bridgehead atoms. The van der Waals surface area contributed by atoms with E-state index >= 15 is 0 Å². The molecule has 0 aromatic heterocycles. The molecule has 0 spiro atoms. The molecule has 1 aliphatic rings. The van der Waals surface area contributed by atoms with E-state index in [9.17, 15) is 14.4 Å². The summed E-state index contributed by atoms with van der Waals surface area (Å²) < 4.78 is 4.84. The van der Waals surface area contributed by atoms with Gasteiger partial charge in [0.1, 0.15) is 6.04 Å². The summed E-state index contributed by atoms with van der Waals surface area (Å²) in [4.78, 5) is 39.0. The Hall–Kier alpha value is -3.35. The molecule has 7 heteroatoms. The zero-order chi connectivity index (χ0) is 20.1. The molecule has 3 rings (SSSR count). The summed E-state index contributed by atoms with van der Waals surface area (Å²) in [5, 5.41) is 2.77. The number of benzene rings is 2. The van der Waals surface area contributed by atoms with Crippen molar-refractivity contribution >= 4 is 29.2 Å². The van der Waals surface area contributed by atoms with E-state index in [1.807, 2.05) is 0 Å². The van der Waals surface area contributed by atoms with Gasteiger partial charge < -0.3 is 20.7 Å². The molecule has 1 heterocycles. The van der Waals surface area contributed by atoms with E-state index in [2.05, 4.69) is 5.32 Å². The summed E-state index contributed by atoms with van der Waals surface area (Å²) in [5.41, 5.74) is 7.54. The predicted octanol–water partition coefficient (Wildman–Crippen LogP) is 2.69. The van der Waals surface area contributed by atoms with Crippen molar-refractivity contribution in [2.24, 2.45) is 0 Å². The highest BCUT2D eigenvalue weighted by Gasteiger charge is 2.33. The molecule has 1 saturated heterocycles. The van der Waals surface area contributed by atoms with E-state index in [1.54, 1.807) is 53.4 Å². The summed E-state index contributed by atoms with van der Waals surface area (Å²) in [6, 6.07) is 12.7. The van der Waals surface area contributed by atoms with Gasteiger partial charge in [0.25, 0.3) is 11.8 Å². The number of carbonyl (C=O) groups is 3. The molecular weight excluding hydrogens is 358 g/mol. The molecule has 0 radical (unpaired) electrons. The summed E-state index contributed by atoms with van der Waals surface area (Å²) in [6.45, 7) is 0.498. The molecule has 2 amide bonds. The van der Waals surface area contributed by atoms with Crippen LogP contribution in [0.25, 0.3) is 0 Å². The van der Waals surface area contributed by atoms with Crippen molar-refractivity contribution in [3.8, 4) is 0 Å². The maximum absolute atomic E-state index is 13.0. The van der Waals surface area contributed by atoms with Crippen molar-refractivity contribution in [3.63, 3.8) is 0 Å². The van der Waals surface area contributed by atoms with Crippen LogP contribution in [0.2, 0.25) is 0 Å². The SMILES string of the molecule is COC(=O)C1CCCCN1C(=O)c1cccc(NC(=O)c2cccc(N)c2)c1. The van der Waals surface area contributed by atoms with Gasteiger partial charge in [0.05, 0.1) is 7.11 Å². The Bertz CT molecular complexity index is 897. The van der Waals surface area contributed by atoms with Gasteiger partial charge in [-0.1, -0.05) is 12.1 Å². The minimum absolute atomic E-state index is 0.254. The predicted molar refractivity (Wildman–Crippen MR) is 106 cm³/mol. The number of hydrogen-bond donors (Lipinski definition) is 2. The van der Waals surface area contributed by atoms with Gasteiger partial charge in [-0.15, -0.1) is 0 Å². The zero-order valence-electron chi connectivity index (χ0n) is 15.7. The Balaban J connectivity index is 1.77. The Labute approximate surface area is 163 Å². The van der Waals surface area contributed by atoms with Crippen molar-refractivity contribution in [2.75, 3.05) is 24.7 Å². The zero-order valence-corrected chi connectivity index (χ0v) is 15.7. The van der Waals surface area contributed by atoms with Crippen molar-refractivity contribution in [2.45, 2.75) is 25.3 Å². The number of nitrogens with zero attached hydrogens (tertiary/aromatic N) is 1. The Kier molecular flexibility index (Phi) is 5.93. The highest BCUT2D eigenvalue weighted by Crippen LogP contribution is 2.22. The Morgan fingerprint density at radius 3 is 2.57 bits per heavy atom. The van der Waals surface area contributed by atoms with Gasteiger partial charge in [-0.05, 0) is 55.7 Å². The lowest BCUT2D eigenvalue weighted by molar-refractivity contribution is -0.147. The van der Waals surface area contributed by atoms with Crippen LogP contribution in [-0.2, 0) is 9.53 Å². The lowest BCUT2D eigenvalue weighted by Crippen LogP contribution is -2.48. The van der Waals surface area contributed by atoms with Gasteiger partial charge in [-0.25, -0.2) is 4.79 Å². The first-order chi connectivity index (χ1) is 13.5. The van der Waals surface area contributed by atoms with Crippen LogP contribution in [0.4, 0.5) is 11.4 Å². The van der Waals surface area contributed by atoms with Crippen LogP contribution in [0.5, 0.6) is 0 Å². The number of hydrogen-bond acceptors (Lipinski definition) is 5. The third-order valence-corrected chi connectivity index (χ3v) is 4.75. The fourth-order valence-corrected chi connectivity index (χ4v) is 3.33. The molecule has 0 saturated carbocycles. The smallest absolute Gasteiger partial charge is 0.328 e. The third-order valence-electron chi connectivity index (χ3n) is 4.75. The first kappa shape index (κ1) is 19.4. The highest BCUT2D eigenvalue weighted by atomic mass is 16.5. The molecule has 2 aromatic rings. The van der Waals surface area contributed by atoms with E-state index in [1.165, 1.54) is 7.11 Å². The number of nitrogen functional groups attached to an aromatic ring is 1. The molecule has 1 fully saturated rings. The molecule has 2 aromatic carbocycles. The standard InChI is InChI=1S/C21H23N3O4/c1-28-21(27)18-10-2-3-11-24(18)20(26)15-7-5-9-17(13-15)23-19(25)14-6-4-8-16(22)12-14/h4-9,12-13,18H,2-3,10-11,22H2,1H3,(H,23,25). The summed E-state index contributed by atoms with van der Waals surface area (Å²) in [6.07, 6.45) is 2.30. The van der Waals surface area contributed by atoms with Gasteiger partial charge in [-0.2, -0.15) is 0 Å². The number of piperidine rings is 1. The number of anilines is 2. The Morgan fingerprint density at radius 2 is 1.82 bits per heavy atom. The number of ether oxygens (including phenoxy) is 1.